The van der Waals surface area contributed by atoms with Crippen LogP contribution >= 0.6 is 0 Å². The van der Waals surface area contributed by atoms with Crippen molar-refractivity contribution in [1.82, 2.24) is 10.2 Å². The maximum Gasteiger partial charge on any atom is 0.128 e. The Kier molecular flexibility index (Phi) is 2.91. The number of nitrogens with zero attached hydrogens (tertiary/aromatic N) is 1. The second-order valence-corrected chi connectivity index (χ2v) is 4.64. The number of nitrogens with one attached hydrogen (secondary N) is 1. The van der Waals surface area contributed by atoms with Crippen LogP contribution in [-0.2, 0) is 0 Å². The summed E-state index contributed by atoms with van der Waals surface area (Å²) in [5.74, 6) is 0.0356. The number of aryl methyl sites for hydroxylation is 1. The van der Waals surface area contributed by atoms with Crippen molar-refractivity contribution in [2.24, 2.45) is 0 Å². The summed E-state index contributed by atoms with van der Waals surface area (Å²) in [4.78, 5) is 0. The average Bonchev–Trinajstić information content (AvgIpc) is 2.81. The number of phenolic OH excluding ortho intramolecular Hbond substituents is 2. The van der Waals surface area contributed by atoms with Gasteiger partial charge in [-0.25, -0.2) is 0 Å². The first kappa shape index (κ1) is 12.3. The van der Waals surface area contributed by atoms with Crippen LogP contribution in [0.25, 0.3) is 22.4 Å². The molecule has 0 aliphatic carbocycles. The van der Waals surface area contributed by atoms with Gasteiger partial charge in [0.2, 0.25) is 0 Å². The minimum absolute atomic E-state index is 0.00804. The van der Waals surface area contributed by atoms with Crippen molar-refractivity contribution >= 4 is 0 Å². The normalized spacial score (nSPS) is 10.7. The fraction of sp³-hybridized carbons (Fsp3) is 0.0625. The fourth-order valence-electron chi connectivity index (χ4n) is 2.30. The first-order valence-corrected chi connectivity index (χ1v) is 6.29. The third-order valence-electron chi connectivity index (χ3n) is 3.25. The molecule has 0 saturated carbocycles. The van der Waals surface area contributed by atoms with Crippen LogP contribution in [0, 0.1) is 6.92 Å². The van der Waals surface area contributed by atoms with E-state index in [2.05, 4.69) is 10.2 Å². The smallest absolute Gasteiger partial charge is 0.128 e. The number of phenols is 2. The van der Waals surface area contributed by atoms with Gasteiger partial charge in [0.25, 0.3) is 0 Å². The molecule has 0 spiro atoms. The van der Waals surface area contributed by atoms with Crippen molar-refractivity contribution in [3.63, 3.8) is 0 Å². The molecule has 100 valence electrons. The van der Waals surface area contributed by atoms with Gasteiger partial charge in [0.1, 0.15) is 17.2 Å². The second kappa shape index (κ2) is 4.74. The van der Waals surface area contributed by atoms with E-state index < -0.39 is 0 Å². The molecule has 3 rings (SSSR count). The van der Waals surface area contributed by atoms with Crippen molar-refractivity contribution in [1.29, 1.82) is 0 Å². The summed E-state index contributed by atoms with van der Waals surface area (Å²) < 4.78 is 0. The van der Waals surface area contributed by atoms with E-state index in [-0.39, 0.29) is 11.5 Å². The lowest BCUT2D eigenvalue weighted by Crippen LogP contribution is -1.85. The van der Waals surface area contributed by atoms with Gasteiger partial charge < -0.3 is 10.2 Å². The monoisotopic (exact) mass is 266 g/mol. The van der Waals surface area contributed by atoms with Gasteiger partial charge in [-0.3, -0.25) is 5.10 Å². The molecule has 1 aromatic heterocycles. The molecule has 0 amide bonds. The lowest BCUT2D eigenvalue weighted by atomic mass is 9.99. The molecule has 0 saturated heterocycles. The molecule has 3 N–H and O–H groups in total. The zero-order valence-corrected chi connectivity index (χ0v) is 11.0. The first-order chi connectivity index (χ1) is 9.66. The van der Waals surface area contributed by atoms with Gasteiger partial charge in [-0.2, -0.15) is 5.10 Å². The quantitative estimate of drug-likeness (QED) is 0.665. The molecular formula is C16H14N2O2. The standard InChI is InChI=1S/C16H14N2O2/c1-10-15(11-5-3-2-4-6-11)16(18-17-10)13-8-7-12(19)9-14(13)20/h2-9,19-20H,1H3,(H,17,18). The molecule has 0 unspecified atom stereocenters. The maximum absolute atomic E-state index is 10.0. The van der Waals surface area contributed by atoms with Crippen LogP contribution in [0.1, 0.15) is 5.69 Å². The molecule has 0 aliphatic heterocycles. The van der Waals surface area contributed by atoms with E-state index in [0.717, 1.165) is 16.8 Å². The highest BCUT2D eigenvalue weighted by molar-refractivity contribution is 5.85. The van der Waals surface area contributed by atoms with Crippen LogP contribution in [0.5, 0.6) is 11.5 Å². The molecule has 20 heavy (non-hydrogen) atoms. The zero-order chi connectivity index (χ0) is 14.1. The van der Waals surface area contributed by atoms with E-state index in [1.54, 1.807) is 6.07 Å². The summed E-state index contributed by atoms with van der Waals surface area (Å²) >= 11 is 0. The van der Waals surface area contributed by atoms with E-state index in [1.165, 1.54) is 12.1 Å². The Morgan fingerprint density at radius 1 is 1.00 bits per heavy atom. The minimum Gasteiger partial charge on any atom is -0.508 e. The van der Waals surface area contributed by atoms with Crippen LogP contribution in [0.2, 0.25) is 0 Å². The largest absolute Gasteiger partial charge is 0.508 e. The van der Waals surface area contributed by atoms with Crippen LogP contribution in [-0.4, -0.2) is 20.4 Å². The van der Waals surface area contributed by atoms with Gasteiger partial charge in [-0.05, 0) is 24.6 Å². The van der Waals surface area contributed by atoms with E-state index in [9.17, 15) is 10.2 Å². The Labute approximate surface area is 116 Å². The van der Waals surface area contributed by atoms with Crippen LogP contribution in [0.3, 0.4) is 0 Å². The summed E-state index contributed by atoms with van der Waals surface area (Å²) in [5, 5.41) is 26.6. The van der Waals surface area contributed by atoms with Crippen molar-refractivity contribution in [2.45, 2.75) is 6.92 Å². The Hall–Kier alpha value is -2.75. The number of aromatic amines is 1. The fourth-order valence-corrected chi connectivity index (χ4v) is 2.30. The molecule has 0 aliphatic rings. The molecule has 0 bridgehead atoms. The van der Waals surface area contributed by atoms with Gasteiger partial charge >= 0.3 is 0 Å². The summed E-state index contributed by atoms with van der Waals surface area (Å²) in [6, 6.07) is 14.4. The van der Waals surface area contributed by atoms with Gasteiger partial charge in [-0.15, -0.1) is 0 Å². The Morgan fingerprint density at radius 2 is 1.75 bits per heavy atom. The summed E-state index contributed by atoms with van der Waals surface area (Å²) in [6.07, 6.45) is 0. The van der Waals surface area contributed by atoms with Crippen LogP contribution in [0.4, 0.5) is 0 Å². The molecule has 2 aromatic carbocycles. The number of aromatic hydroxyl groups is 2. The predicted molar refractivity (Wildman–Crippen MR) is 77.5 cm³/mol. The van der Waals surface area contributed by atoms with Crippen molar-refractivity contribution in [3.8, 4) is 33.9 Å². The van der Waals surface area contributed by atoms with Crippen LogP contribution in [0.15, 0.2) is 48.5 Å². The zero-order valence-electron chi connectivity index (χ0n) is 11.0. The summed E-state index contributed by atoms with van der Waals surface area (Å²) in [7, 11) is 0. The minimum atomic E-state index is 0.00804. The number of hydrogen-bond donors (Lipinski definition) is 3. The number of aromatic nitrogens is 2. The molecule has 0 radical (unpaired) electrons. The van der Waals surface area contributed by atoms with Gasteiger partial charge in [0.15, 0.2) is 0 Å². The lowest BCUT2D eigenvalue weighted by molar-refractivity contribution is 0.452. The Bertz CT molecular complexity index is 748. The van der Waals surface area contributed by atoms with Crippen molar-refractivity contribution < 1.29 is 10.2 Å². The second-order valence-electron chi connectivity index (χ2n) is 4.64. The van der Waals surface area contributed by atoms with Gasteiger partial charge in [-0.1, -0.05) is 30.3 Å². The summed E-state index contributed by atoms with van der Waals surface area (Å²) in [5.41, 5.74) is 4.17. The molecular weight excluding hydrogens is 252 g/mol. The SMILES string of the molecule is Cc1[nH]nc(-c2ccc(O)cc2O)c1-c1ccccc1. The Morgan fingerprint density at radius 3 is 2.45 bits per heavy atom. The first-order valence-electron chi connectivity index (χ1n) is 6.29. The topological polar surface area (TPSA) is 69.1 Å². The molecule has 4 heteroatoms. The third-order valence-corrected chi connectivity index (χ3v) is 3.25. The van der Waals surface area contributed by atoms with Crippen molar-refractivity contribution in [3.05, 3.63) is 54.2 Å². The molecule has 3 aromatic rings. The van der Waals surface area contributed by atoms with Crippen molar-refractivity contribution in [2.75, 3.05) is 0 Å². The number of H-pyrrole nitrogens is 1. The Balaban J connectivity index is 2.21. The van der Waals surface area contributed by atoms with E-state index >= 15 is 0 Å². The third kappa shape index (κ3) is 2.01. The van der Waals surface area contributed by atoms with Crippen LogP contribution < -0.4 is 0 Å². The van der Waals surface area contributed by atoms with E-state index in [1.807, 2.05) is 37.3 Å². The molecule has 1 heterocycles. The number of benzene rings is 2. The highest BCUT2D eigenvalue weighted by Gasteiger charge is 2.16. The molecule has 0 atom stereocenters. The number of hydrogen-bond acceptors (Lipinski definition) is 3. The van der Waals surface area contributed by atoms with E-state index in [4.69, 9.17) is 0 Å². The highest BCUT2D eigenvalue weighted by Crippen LogP contribution is 2.38. The van der Waals surface area contributed by atoms with Gasteiger partial charge in [0.05, 0.1) is 0 Å². The summed E-state index contributed by atoms with van der Waals surface area (Å²) in [6.45, 7) is 1.94. The van der Waals surface area contributed by atoms with E-state index in [0.29, 0.717) is 11.3 Å². The predicted octanol–water partition coefficient (Wildman–Crippen LogP) is 3.46. The molecule has 0 fully saturated rings. The lowest BCUT2D eigenvalue weighted by Gasteiger charge is -2.06. The average molecular weight is 266 g/mol. The highest BCUT2D eigenvalue weighted by atomic mass is 16.3. The maximum atomic E-state index is 10.0. The number of rotatable bonds is 2. The van der Waals surface area contributed by atoms with Gasteiger partial charge in [0, 0.05) is 22.9 Å². The molecule has 4 nitrogen and oxygen atoms in total.